The van der Waals surface area contributed by atoms with Gasteiger partial charge in [-0.2, -0.15) is 0 Å². The van der Waals surface area contributed by atoms with Crippen molar-refractivity contribution in [2.24, 2.45) is 0 Å². The predicted molar refractivity (Wildman–Crippen MR) is 96.8 cm³/mol. The van der Waals surface area contributed by atoms with Crippen LogP contribution in [0.1, 0.15) is 21.5 Å². The Morgan fingerprint density at radius 3 is 2.73 bits per heavy atom. The molecule has 0 fully saturated rings. The number of benzene rings is 2. The second-order valence-electron chi connectivity index (χ2n) is 5.81. The number of thiocarbonyl (C=S) groups is 1. The fourth-order valence-corrected chi connectivity index (χ4v) is 3.09. The van der Waals surface area contributed by atoms with Gasteiger partial charge in [-0.1, -0.05) is 6.07 Å². The van der Waals surface area contributed by atoms with E-state index in [9.17, 15) is 24.4 Å². The summed E-state index contributed by atoms with van der Waals surface area (Å²) < 4.78 is 13.3. The molecule has 7 nitrogen and oxygen atoms in total. The average Bonchev–Trinajstić information content (AvgIpc) is 2.61. The van der Waals surface area contributed by atoms with Crippen LogP contribution in [0.2, 0.25) is 0 Å². The molecule has 2 aromatic carbocycles. The largest absolute Gasteiger partial charge is 0.478 e. The van der Waals surface area contributed by atoms with E-state index in [1.807, 2.05) is 0 Å². The van der Waals surface area contributed by atoms with Gasteiger partial charge >= 0.3 is 5.97 Å². The monoisotopic (exact) mass is 375 g/mol. The number of carboxylic acids is 1. The second kappa shape index (κ2) is 7.04. The minimum atomic E-state index is -1.27. The van der Waals surface area contributed by atoms with Gasteiger partial charge in [0.1, 0.15) is 5.82 Å². The molecular formula is C17H14FN3O4S. The average molecular weight is 375 g/mol. The molecule has 0 aliphatic carbocycles. The number of hydrogen-bond acceptors (Lipinski definition) is 4. The van der Waals surface area contributed by atoms with Crippen LogP contribution in [0.25, 0.3) is 0 Å². The van der Waals surface area contributed by atoms with Crippen LogP contribution in [0, 0.1) is 15.9 Å². The summed E-state index contributed by atoms with van der Waals surface area (Å²) in [6.07, 6.45) is 0.657. The lowest BCUT2D eigenvalue weighted by atomic mass is 9.99. The normalized spacial score (nSPS) is 13.0. The van der Waals surface area contributed by atoms with Crippen LogP contribution >= 0.6 is 12.2 Å². The number of nitro benzene ring substituents is 1. The SMILES string of the molecule is O=C(O)c1cc(F)ccc1NC(=S)N1CCc2ccc([N+](=O)[O-])cc2C1. The number of nitrogens with zero attached hydrogens (tertiary/aromatic N) is 2. The molecule has 2 aromatic rings. The number of aromatic carboxylic acids is 1. The molecule has 26 heavy (non-hydrogen) atoms. The summed E-state index contributed by atoms with van der Waals surface area (Å²) in [5.74, 6) is -1.92. The molecule has 3 rings (SSSR count). The maximum atomic E-state index is 13.3. The summed E-state index contributed by atoms with van der Waals surface area (Å²) in [4.78, 5) is 23.5. The summed E-state index contributed by atoms with van der Waals surface area (Å²) in [7, 11) is 0. The summed E-state index contributed by atoms with van der Waals surface area (Å²) in [6, 6.07) is 8.11. The Labute approximate surface area is 153 Å². The molecule has 1 aliphatic rings. The van der Waals surface area contributed by atoms with E-state index in [2.05, 4.69) is 5.32 Å². The number of nitro groups is 1. The van der Waals surface area contributed by atoms with Crippen molar-refractivity contribution in [3.05, 3.63) is 69.0 Å². The van der Waals surface area contributed by atoms with Crippen LogP contribution in [0.3, 0.4) is 0 Å². The summed E-state index contributed by atoms with van der Waals surface area (Å²) in [5.41, 5.74) is 1.79. The summed E-state index contributed by atoms with van der Waals surface area (Å²) in [5, 5.41) is 23.2. The highest BCUT2D eigenvalue weighted by molar-refractivity contribution is 7.80. The number of halogens is 1. The lowest BCUT2D eigenvalue weighted by molar-refractivity contribution is -0.385. The molecule has 134 valence electrons. The third-order valence-corrected chi connectivity index (χ3v) is 4.51. The van der Waals surface area contributed by atoms with Gasteiger partial charge in [0.05, 0.1) is 16.2 Å². The van der Waals surface area contributed by atoms with E-state index in [0.717, 1.165) is 23.3 Å². The quantitative estimate of drug-likeness (QED) is 0.483. The molecule has 0 bridgehead atoms. The van der Waals surface area contributed by atoms with Crippen LogP contribution < -0.4 is 5.32 Å². The van der Waals surface area contributed by atoms with Gasteiger partial charge in [0, 0.05) is 25.2 Å². The molecule has 0 saturated heterocycles. The molecule has 0 amide bonds. The zero-order chi connectivity index (χ0) is 18.8. The minimum absolute atomic E-state index is 0.0103. The topological polar surface area (TPSA) is 95.7 Å². The van der Waals surface area contributed by atoms with Crippen LogP contribution in [-0.4, -0.2) is 32.6 Å². The van der Waals surface area contributed by atoms with Crippen LogP contribution in [-0.2, 0) is 13.0 Å². The number of fused-ring (bicyclic) bond motifs is 1. The zero-order valence-corrected chi connectivity index (χ0v) is 14.3. The molecule has 1 heterocycles. The van der Waals surface area contributed by atoms with Crippen molar-refractivity contribution >= 4 is 34.7 Å². The maximum Gasteiger partial charge on any atom is 0.337 e. The van der Waals surface area contributed by atoms with Crippen molar-refractivity contribution in [3.63, 3.8) is 0 Å². The van der Waals surface area contributed by atoms with Crippen LogP contribution in [0.5, 0.6) is 0 Å². The standard InChI is InChI=1S/C17H14FN3O4S/c18-12-2-4-15(14(8-12)16(22)23)19-17(26)20-6-5-10-1-3-13(21(24)25)7-11(10)9-20/h1-4,7-8H,5-6,9H2,(H,19,26)(H,22,23). The molecule has 0 atom stereocenters. The third-order valence-electron chi connectivity index (χ3n) is 4.15. The maximum absolute atomic E-state index is 13.3. The van der Waals surface area contributed by atoms with Gasteiger partial charge in [-0.15, -0.1) is 0 Å². The lowest BCUT2D eigenvalue weighted by Crippen LogP contribution is -2.39. The minimum Gasteiger partial charge on any atom is -0.478 e. The van der Waals surface area contributed by atoms with Crippen molar-refractivity contribution in [3.8, 4) is 0 Å². The van der Waals surface area contributed by atoms with E-state index in [1.165, 1.54) is 18.2 Å². The number of non-ortho nitro benzene ring substituents is 1. The molecule has 1 aliphatic heterocycles. The van der Waals surface area contributed by atoms with E-state index in [4.69, 9.17) is 12.2 Å². The Hall–Kier alpha value is -3.07. The fraction of sp³-hybridized carbons (Fsp3) is 0.176. The molecule has 2 N–H and O–H groups in total. The van der Waals surface area contributed by atoms with E-state index < -0.39 is 16.7 Å². The van der Waals surface area contributed by atoms with E-state index in [0.29, 0.717) is 19.5 Å². The first kappa shape index (κ1) is 17.7. The van der Waals surface area contributed by atoms with E-state index >= 15 is 0 Å². The molecule has 9 heteroatoms. The smallest absolute Gasteiger partial charge is 0.337 e. The number of carboxylic acid groups (broad SMARTS) is 1. The Balaban J connectivity index is 1.79. The number of anilines is 1. The molecule has 0 unspecified atom stereocenters. The molecule has 0 spiro atoms. The van der Waals surface area contributed by atoms with Gasteiger partial charge in [0.15, 0.2) is 5.11 Å². The zero-order valence-electron chi connectivity index (χ0n) is 13.4. The summed E-state index contributed by atoms with van der Waals surface area (Å²) >= 11 is 5.34. The first-order valence-electron chi connectivity index (χ1n) is 7.70. The van der Waals surface area contributed by atoms with Gasteiger partial charge in [-0.3, -0.25) is 10.1 Å². The Morgan fingerprint density at radius 1 is 1.27 bits per heavy atom. The van der Waals surface area contributed by atoms with Crippen LogP contribution in [0.15, 0.2) is 36.4 Å². The predicted octanol–water partition coefficient (Wildman–Crippen LogP) is 3.19. The van der Waals surface area contributed by atoms with E-state index in [-0.39, 0.29) is 22.1 Å². The number of nitrogens with one attached hydrogen (secondary N) is 1. The van der Waals surface area contributed by atoms with Crippen molar-refractivity contribution in [2.75, 3.05) is 11.9 Å². The highest BCUT2D eigenvalue weighted by atomic mass is 32.1. The van der Waals surface area contributed by atoms with Crippen molar-refractivity contribution in [1.29, 1.82) is 0 Å². The van der Waals surface area contributed by atoms with E-state index in [1.54, 1.807) is 11.0 Å². The van der Waals surface area contributed by atoms with Crippen molar-refractivity contribution in [2.45, 2.75) is 13.0 Å². The fourth-order valence-electron chi connectivity index (χ4n) is 2.83. The molecule has 0 aromatic heterocycles. The molecule has 0 saturated carbocycles. The van der Waals surface area contributed by atoms with Crippen molar-refractivity contribution < 1.29 is 19.2 Å². The molecular weight excluding hydrogens is 361 g/mol. The third kappa shape index (κ3) is 3.62. The first-order chi connectivity index (χ1) is 12.3. The van der Waals surface area contributed by atoms with Gasteiger partial charge < -0.3 is 15.3 Å². The second-order valence-corrected chi connectivity index (χ2v) is 6.19. The first-order valence-corrected chi connectivity index (χ1v) is 8.11. The van der Waals surface area contributed by atoms with Gasteiger partial charge in [0.2, 0.25) is 0 Å². The lowest BCUT2D eigenvalue weighted by Gasteiger charge is -2.31. The number of carbonyl (C=O) groups is 1. The van der Waals surface area contributed by atoms with Gasteiger partial charge in [-0.05, 0) is 48.0 Å². The highest BCUT2D eigenvalue weighted by Crippen LogP contribution is 2.25. The summed E-state index contributed by atoms with van der Waals surface area (Å²) in [6.45, 7) is 0.951. The van der Waals surface area contributed by atoms with Crippen LogP contribution in [0.4, 0.5) is 15.8 Å². The van der Waals surface area contributed by atoms with Gasteiger partial charge in [-0.25, -0.2) is 9.18 Å². The van der Waals surface area contributed by atoms with Gasteiger partial charge in [0.25, 0.3) is 5.69 Å². The Bertz CT molecular complexity index is 919. The Morgan fingerprint density at radius 2 is 2.04 bits per heavy atom. The highest BCUT2D eigenvalue weighted by Gasteiger charge is 2.22. The number of rotatable bonds is 3. The molecule has 0 radical (unpaired) electrons. The van der Waals surface area contributed by atoms with Crippen molar-refractivity contribution in [1.82, 2.24) is 4.90 Å². The number of hydrogen-bond donors (Lipinski definition) is 2. The Kier molecular flexibility index (Phi) is 4.81.